The fraction of sp³-hybridized carbons (Fsp3) is 0.615. The Hall–Kier alpha value is -2.05. The van der Waals surface area contributed by atoms with E-state index in [0.717, 1.165) is 19.4 Å². The van der Waals surface area contributed by atoms with Crippen LogP contribution in [-0.2, 0) is 11.3 Å². The van der Waals surface area contributed by atoms with Gasteiger partial charge < -0.3 is 19.9 Å². The first-order valence-electron chi connectivity index (χ1n) is 6.85. The number of hydrogen-bond acceptors (Lipinski definition) is 3. The fourth-order valence-electron chi connectivity index (χ4n) is 2.42. The van der Waals surface area contributed by atoms with Gasteiger partial charge in [-0.2, -0.15) is 0 Å². The Morgan fingerprint density at radius 2 is 2.30 bits per heavy atom. The molecular weight excluding hydrogens is 260 g/mol. The van der Waals surface area contributed by atoms with Crippen LogP contribution in [0.5, 0.6) is 0 Å². The highest BCUT2D eigenvalue weighted by atomic mass is 16.4. The van der Waals surface area contributed by atoms with E-state index >= 15 is 0 Å². The second-order valence-electron chi connectivity index (χ2n) is 5.08. The molecule has 1 atom stereocenters. The number of aromatic nitrogens is 2. The maximum atomic E-state index is 11.9. The zero-order valence-corrected chi connectivity index (χ0v) is 11.4. The molecule has 0 radical (unpaired) electrons. The minimum absolute atomic E-state index is 0.0872. The normalized spacial score (nSPS) is 18.2. The quantitative estimate of drug-likeness (QED) is 0.754. The number of nitrogens with zero attached hydrogens (tertiary/aromatic N) is 3. The molecule has 0 saturated carbocycles. The average molecular weight is 280 g/mol. The first-order chi connectivity index (χ1) is 9.65. The van der Waals surface area contributed by atoms with E-state index in [-0.39, 0.29) is 18.4 Å². The van der Waals surface area contributed by atoms with Crippen LogP contribution >= 0.6 is 0 Å². The summed E-state index contributed by atoms with van der Waals surface area (Å²) in [5.41, 5.74) is 0. The number of carbonyl (C=O) groups excluding carboxylic acids is 1. The second kappa shape index (κ2) is 6.93. The maximum absolute atomic E-state index is 11.9. The van der Waals surface area contributed by atoms with Crippen LogP contribution in [0.15, 0.2) is 18.7 Å². The number of likely N-dealkylation sites (tertiary alicyclic amines) is 1. The number of hydrogen-bond donors (Lipinski definition) is 2. The number of carboxylic acid groups (broad SMARTS) is 1. The van der Waals surface area contributed by atoms with Gasteiger partial charge in [0.1, 0.15) is 0 Å². The van der Waals surface area contributed by atoms with Crippen molar-refractivity contribution in [2.45, 2.75) is 25.8 Å². The van der Waals surface area contributed by atoms with Gasteiger partial charge >= 0.3 is 12.0 Å². The third-order valence-electron chi connectivity index (χ3n) is 3.46. The van der Waals surface area contributed by atoms with E-state index in [2.05, 4.69) is 10.3 Å². The van der Waals surface area contributed by atoms with Crippen molar-refractivity contribution in [1.82, 2.24) is 19.8 Å². The van der Waals surface area contributed by atoms with Crippen LogP contribution in [0.1, 0.15) is 19.3 Å². The summed E-state index contributed by atoms with van der Waals surface area (Å²) in [7, 11) is 0. The Morgan fingerprint density at radius 1 is 1.45 bits per heavy atom. The number of nitrogens with one attached hydrogen (secondary N) is 1. The van der Waals surface area contributed by atoms with Gasteiger partial charge in [0.2, 0.25) is 0 Å². The minimum Gasteiger partial charge on any atom is -0.481 e. The van der Waals surface area contributed by atoms with Crippen LogP contribution in [0, 0.1) is 5.92 Å². The largest absolute Gasteiger partial charge is 0.481 e. The van der Waals surface area contributed by atoms with Gasteiger partial charge in [-0.05, 0) is 18.8 Å². The number of amides is 2. The van der Waals surface area contributed by atoms with E-state index < -0.39 is 5.97 Å². The van der Waals surface area contributed by atoms with Gasteiger partial charge in [0.15, 0.2) is 0 Å². The molecule has 0 spiro atoms. The Balaban J connectivity index is 1.62. The Bertz CT molecular complexity index is 446. The molecule has 1 aliphatic heterocycles. The molecule has 2 heterocycles. The first-order valence-corrected chi connectivity index (χ1v) is 6.85. The number of carboxylic acids is 1. The summed E-state index contributed by atoms with van der Waals surface area (Å²) < 4.78 is 1.96. The SMILES string of the molecule is O=C(O)CC1CCN(C(=O)NCCCn2ccnc2)C1. The molecule has 2 amide bonds. The van der Waals surface area contributed by atoms with Crippen molar-refractivity contribution < 1.29 is 14.7 Å². The fourth-order valence-corrected chi connectivity index (χ4v) is 2.42. The lowest BCUT2D eigenvalue weighted by Gasteiger charge is -2.17. The summed E-state index contributed by atoms with van der Waals surface area (Å²) >= 11 is 0. The Morgan fingerprint density at radius 3 is 3.00 bits per heavy atom. The van der Waals surface area contributed by atoms with E-state index in [1.807, 2.05) is 10.8 Å². The van der Waals surface area contributed by atoms with E-state index in [0.29, 0.717) is 19.6 Å². The number of carbonyl (C=O) groups is 2. The van der Waals surface area contributed by atoms with E-state index in [9.17, 15) is 9.59 Å². The van der Waals surface area contributed by atoms with Gasteiger partial charge in [0.25, 0.3) is 0 Å². The average Bonchev–Trinajstić information content (AvgIpc) is 3.04. The molecule has 1 aromatic rings. The summed E-state index contributed by atoms with van der Waals surface area (Å²) in [6, 6.07) is -0.0940. The molecule has 20 heavy (non-hydrogen) atoms. The number of aryl methyl sites for hydroxylation is 1. The van der Waals surface area contributed by atoms with Gasteiger partial charge in [-0.3, -0.25) is 4.79 Å². The van der Waals surface area contributed by atoms with Crippen molar-refractivity contribution in [2.75, 3.05) is 19.6 Å². The van der Waals surface area contributed by atoms with Crippen LogP contribution in [0.25, 0.3) is 0 Å². The molecule has 1 fully saturated rings. The summed E-state index contributed by atoms with van der Waals surface area (Å²) in [6.45, 7) is 2.62. The van der Waals surface area contributed by atoms with Gasteiger partial charge in [0, 0.05) is 45.0 Å². The van der Waals surface area contributed by atoms with Gasteiger partial charge in [-0.25, -0.2) is 9.78 Å². The van der Waals surface area contributed by atoms with Crippen LogP contribution in [0.2, 0.25) is 0 Å². The van der Waals surface area contributed by atoms with E-state index in [4.69, 9.17) is 5.11 Å². The number of imidazole rings is 1. The van der Waals surface area contributed by atoms with Crippen molar-refractivity contribution in [3.05, 3.63) is 18.7 Å². The predicted molar refractivity (Wildman–Crippen MR) is 72.2 cm³/mol. The minimum atomic E-state index is -0.794. The lowest BCUT2D eigenvalue weighted by Crippen LogP contribution is -2.39. The third kappa shape index (κ3) is 4.25. The summed E-state index contributed by atoms with van der Waals surface area (Å²) in [6.07, 6.45) is 7.12. The molecule has 1 aliphatic rings. The van der Waals surface area contributed by atoms with Crippen LogP contribution < -0.4 is 5.32 Å². The van der Waals surface area contributed by atoms with Crippen LogP contribution in [-0.4, -0.2) is 51.2 Å². The summed E-state index contributed by atoms with van der Waals surface area (Å²) in [5, 5.41) is 11.6. The van der Waals surface area contributed by atoms with Crippen molar-refractivity contribution in [3.63, 3.8) is 0 Å². The molecular formula is C13H20N4O3. The molecule has 0 bridgehead atoms. The zero-order valence-electron chi connectivity index (χ0n) is 11.4. The Kier molecular flexibility index (Phi) is 4.97. The Labute approximate surface area is 117 Å². The lowest BCUT2D eigenvalue weighted by atomic mass is 10.1. The van der Waals surface area contributed by atoms with Crippen molar-refractivity contribution in [3.8, 4) is 0 Å². The molecule has 110 valence electrons. The smallest absolute Gasteiger partial charge is 0.317 e. The molecule has 7 nitrogen and oxygen atoms in total. The molecule has 1 aromatic heterocycles. The maximum Gasteiger partial charge on any atom is 0.317 e. The molecule has 2 N–H and O–H groups in total. The first kappa shape index (κ1) is 14.4. The molecule has 2 rings (SSSR count). The number of urea groups is 1. The summed E-state index contributed by atoms with van der Waals surface area (Å²) in [5.74, 6) is -0.707. The van der Waals surface area contributed by atoms with Crippen molar-refractivity contribution in [2.24, 2.45) is 5.92 Å². The highest BCUT2D eigenvalue weighted by Crippen LogP contribution is 2.19. The van der Waals surface area contributed by atoms with Gasteiger partial charge in [-0.1, -0.05) is 0 Å². The third-order valence-corrected chi connectivity index (χ3v) is 3.46. The molecule has 1 unspecified atom stereocenters. The molecule has 0 aromatic carbocycles. The van der Waals surface area contributed by atoms with Crippen LogP contribution in [0.3, 0.4) is 0 Å². The van der Waals surface area contributed by atoms with Crippen molar-refractivity contribution in [1.29, 1.82) is 0 Å². The standard InChI is InChI=1S/C13H20N4O3/c18-12(19)8-11-2-6-17(9-11)13(20)15-3-1-5-16-7-4-14-10-16/h4,7,10-11H,1-3,5-6,8-9H2,(H,15,20)(H,18,19). The monoisotopic (exact) mass is 280 g/mol. The van der Waals surface area contributed by atoms with Gasteiger partial charge in [-0.15, -0.1) is 0 Å². The predicted octanol–water partition coefficient (Wildman–Crippen LogP) is 0.779. The highest BCUT2D eigenvalue weighted by Gasteiger charge is 2.27. The lowest BCUT2D eigenvalue weighted by molar-refractivity contribution is -0.138. The van der Waals surface area contributed by atoms with Crippen LogP contribution in [0.4, 0.5) is 4.79 Å². The summed E-state index contributed by atoms with van der Waals surface area (Å²) in [4.78, 5) is 28.2. The number of aliphatic carboxylic acids is 1. The topological polar surface area (TPSA) is 87.5 Å². The molecule has 7 heteroatoms. The van der Waals surface area contributed by atoms with E-state index in [1.54, 1.807) is 17.4 Å². The number of rotatable bonds is 6. The highest BCUT2D eigenvalue weighted by molar-refractivity contribution is 5.74. The second-order valence-corrected chi connectivity index (χ2v) is 5.08. The van der Waals surface area contributed by atoms with E-state index in [1.165, 1.54) is 0 Å². The van der Waals surface area contributed by atoms with Crippen molar-refractivity contribution >= 4 is 12.0 Å². The zero-order chi connectivity index (χ0) is 14.4. The molecule has 0 aliphatic carbocycles. The van der Waals surface area contributed by atoms with Gasteiger partial charge in [0.05, 0.1) is 6.33 Å². The molecule has 1 saturated heterocycles.